The van der Waals surface area contributed by atoms with Crippen molar-refractivity contribution in [3.63, 3.8) is 0 Å². The molecule has 0 aromatic carbocycles. The summed E-state index contributed by atoms with van der Waals surface area (Å²) in [6, 6.07) is 3.48. The minimum atomic E-state index is -1.12. The fourth-order valence-corrected chi connectivity index (χ4v) is 3.84. The average molecular weight is 375 g/mol. The summed E-state index contributed by atoms with van der Waals surface area (Å²) in [6.07, 6.45) is 3.17. The van der Waals surface area contributed by atoms with E-state index in [2.05, 4.69) is 20.5 Å². The maximum atomic E-state index is 12.5. The Morgan fingerprint density at radius 2 is 2.08 bits per heavy atom. The topological polar surface area (TPSA) is 111 Å². The molecule has 0 aliphatic heterocycles. The molecule has 1 unspecified atom stereocenters. The maximum absolute atomic E-state index is 12.5. The van der Waals surface area contributed by atoms with Gasteiger partial charge in [0, 0.05) is 24.4 Å². The summed E-state index contributed by atoms with van der Waals surface area (Å²) in [5.74, 6) is -0.263. The molecule has 0 fully saturated rings. The molecule has 1 amide bonds. The van der Waals surface area contributed by atoms with Gasteiger partial charge in [-0.2, -0.15) is 5.10 Å². The molecule has 0 saturated heterocycles. The summed E-state index contributed by atoms with van der Waals surface area (Å²) < 4.78 is 11.3. The molecule has 9 heteroatoms. The summed E-state index contributed by atoms with van der Waals surface area (Å²) in [5.41, 5.74) is 9.14. The van der Waals surface area contributed by atoms with Crippen molar-refractivity contribution in [3.8, 4) is 0 Å². The van der Waals surface area contributed by atoms with Crippen molar-refractivity contribution >= 4 is 43.9 Å². The van der Waals surface area contributed by atoms with Crippen LogP contribution < -0.4 is 11.1 Å². The van der Waals surface area contributed by atoms with E-state index in [1.54, 1.807) is 24.6 Å². The minimum absolute atomic E-state index is 0.263. The number of aryl methyl sites for hydroxylation is 2. The second-order valence-electron chi connectivity index (χ2n) is 5.58. The van der Waals surface area contributed by atoms with Gasteiger partial charge in [0.25, 0.3) is 5.91 Å². The smallest absolute Gasteiger partial charge is 0.263 e. The van der Waals surface area contributed by atoms with E-state index in [-0.39, 0.29) is 5.91 Å². The summed E-state index contributed by atoms with van der Waals surface area (Å²) in [4.78, 5) is 17.7. The lowest BCUT2D eigenvalue weighted by Gasteiger charge is -2.05. The van der Waals surface area contributed by atoms with Gasteiger partial charge in [-0.05, 0) is 31.0 Å². The Labute approximate surface area is 151 Å². The molecular weight excluding hydrogens is 358 g/mol. The lowest BCUT2D eigenvalue weighted by atomic mass is 10.1. The monoisotopic (exact) mass is 375 g/mol. The first-order chi connectivity index (χ1) is 11.9. The van der Waals surface area contributed by atoms with E-state index in [9.17, 15) is 9.00 Å². The molecular formula is C16H17N5O2S2. The lowest BCUT2D eigenvalue weighted by molar-refractivity contribution is 0.0956. The molecule has 0 radical (unpaired) electrons. The van der Waals surface area contributed by atoms with Gasteiger partial charge in [0.05, 0.1) is 22.2 Å². The third kappa shape index (κ3) is 3.38. The molecule has 0 aliphatic carbocycles. The van der Waals surface area contributed by atoms with Crippen molar-refractivity contribution in [1.29, 1.82) is 0 Å². The van der Waals surface area contributed by atoms with Crippen LogP contribution in [0.4, 0.5) is 5.69 Å². The van der Waals surface area contributed by atoms with Crippen LogP contribution >= 0.6 is 11.3 Å². The third-order valence-corrected chi connectivity index (χ3v) is 5.81. The highest BCUT2D eigenvalue weighted by Crippen LogP contribution is 2.34. The number of pyridine rings is 1. The van der Waals surface area contributed by atoms with Crippen molar-refractivity contribution in [2.24, 2.45) is 0 Å². The van der Waals surface area contributed by atoms with Gasteiger partial charge in [0.15, 0.2) is 0 Å². The van der Waals surface area contributed by atoms with Crippen LogP contribution in [0.2, 0.25) is 0 Å². The number of aromatic nitrogens is 3. The van der Waals surface area contributed by atoms with E-state index < -0.39 is 10.8 Å². The number of nitrogen functional groups attached to an aromatic ring is 1. The number of carbonyl (C=O) groups is 1. The number of amides is 1. The number of fused-ring (bicyclic) bond motifs is 1. The Balaban J connectivity index is 1.79. The van der Waals surface area contributed by atoms with Crippen LogP contribution in [0.15, 0.2) is 23.4 Å². The summed E-state index contributed by atoms with van der Waals surface area (Å²) in [5, 5.41) is 12.3. The van der Waals surface area contributed by atoms with Gasteiger partial charge >= 0.3 is 0 Å². The molecule has 3 aromatic heterocycles. The highest BCUT2D eigenvalue weighted by atomic mass is 32.2. The predicted octanol–water partition coefficient (Wildman–Crippen LogP) is 1.95. The Kier molecular flexibility index (Phi) is 4.78. The zero-order valence-corrected chi connectivity index (χ0v) is 15.6. The second kappa shape index (κ2) is 6.85. The summed E-state index contributed by atoms with van der Waals surface area (Å²) in [7, 11) is -1.12. The fraction of sp³-hybridized carbons (Fsp3) is 0.250. The number of nitrogens with zero attached hydrogens (tertiary/aromatic N) is 3. The van der Waals surface area contributed by atoms with Crippen molar-refractivity contribution < 1.29 is 9.00 Å². The predicted molar refractivity (Wildman–Crippen MR) is 99.0 cm³/mol. The summed E-state index contributed by atoms with van der Waals surface area (Å²) in [6.45, 7) is 4.08. The Morgan fingerprint density at radius 1 is 1.32 bits per heavy atom. The molecule has 0 aliphatic rings. The van der Waals surface area contributed by atoms with E-state index in [0.717, 1.165) is 22.2 Å². The number of nitrogens with one attached hydrogen (secondary N) is 1. The highest BCUT2D eigenvalue weighted by Gasteiger charge is 2.19. The number of hydrogen-bond acceptors (Lipinski definition) is 7. The molecule has 7 nitrogen and oxygen atoms in total. The largest absolute Gasteiger partial charge is 0.397 e. The average Bonchev–Trinajstić information content (AvgIpc) is 2.94. The number of carbonyl (C=O) groups excluding carboxylic acids is 1. The quantitative estimate of drug-likeness (QED) is 0.721. The van der Waals surface area contributed by atoms with Gasteiger partial charge < -0.3 is 11.1 Å². The molecule has 1 atom stereocenters. The molecule has 3 aromatic rings. The fourth-order valence-electron chi connectivity index (χ4n) is 2.36. The first-order valence-electron chi connectivity index (χ1n) is 7.47. The Bertz CT molecular complexity index is 982. The zero-order chi connectivity index (χ0) is 18.1. The Morgan fingerprint density at radius 3 is 2.72 bits per heavy atom. The van der Waals surface area contributed by atoms with Crippen LogP contribution in [0, 0.1) is 13.8 Å². The van der Waals surface area contributed by atoms with Gasteiger partial charge in [0.2, 0.25) is 0 Å². The number of thiophene rings is 1. The summed E-state index contributed by atoms with van der Waals surface area (Å²) >= 11 is 1.23. The van der Waals surface area contributed by atoms with Crippen LogP contribution in [0.3, 0.4) is 0 Å². The van der Waals surface area contributed by atoms with E-state index >= 15 is 0 Å². The number of hydrogen-bond donors (Lipinski definition) is 2. The molecule has 0 bridgehead atoms. The molecule has 0 spiro atoms. The van der Waals surface area contributed by atoms with Crippen LogP contribution in [0.5, 0.6) is 0 Å². The normalized spacial score (nSPS) is 12.3. The molecule has 3 rings (SSSR count). The van der Waals surface area contributed by atoms with Crippen molar-refractivity contribution in [2.45, 2.75) is 25.4 Å². The second-order valence-corrected chi connectivity index (χ2v) is 7.90. The van der Waals surface area contributed by atoms with E-state index in [0.29, 0.717) is 27.0 Å². The minimum Gasteiger partial charge on any atom is -0.397 e. The zero-order valence-electron chi connectivity index (χ0n) is 14.0. The number of anilines is 1. The number of nitrogens with two attached hydrogens (primary N) is 1. The molecule has 3 heterocycles. The lowest BCUT2D eigenvalue weighted by Crippen LogP contribution is -2.22. The maximum Gasteiger partial charge on any atom is 0.263 e. The first-order valence-corrected chi connectivity index (χ1v) is 9.84. The Hall–Kier alpha value is -2.39. The molecule has 3 N–H and O–H groups in total. The van der Waals surface area contributed by atoms with Crippen LogP contribution in [0.25, 0.3) is 10.2 Å². The highest BCUT2D eigenvalue weighted by molar-refractivity contribution is 7.84. The van der Waals surface area contributed by atoms with E-state index in [1.807, 2.05) is 13.8 Å². The molecule has 0 saturated carbocycles. The van der Waals surface area contributed by atoms with Gasteiger partial charge in [-0.15, -0.1) is 16.4 Å². The van der Waals surface area contributed by atoms with E-state index in [1.165, 1.54) is 11.3 Å². The van der Waals surface area contributed by atoms with Gasteiger partial charge in [-0.25, -0.2) is 4.98 Å². The van der Waals surface area contributed by atoms with Gasteiger partial charge in [0.1, 0.15) is 14.7 Å². The van der Waals surface area contributed by atoms with Crippen molar-refractivity contribution in [1.82, 2.24) is 20.5 Å². The van der Waals surface area contributed by atoms with Crippen molar-refractivity contribution in [2.75, 3.05) is 12.0 Å². The van der Waals surface area contributed by atoms with Crippen LogP contribution in [-0.2, 0) is 17.3 Å². The number of rotatable bonds is 4. The van der Waals surface area contributed by atoms with Crippen LogP contribution in [-0.4, -0.2) is 31.6 Å². The van der Waals surface area contributed by atoms with Crippen molar-refractivity contribution in [3.05, 3.63) is 40.0 Å². The molecule has 130 valence electrons. The third-order valence-electron chi connectivity index (χ3n) is 3.89. The van der Waals surface area contributed by atoms with E-state index in [4.69, 9.17) is 5.73 Å². The first kappa shape index (κ1) is 17.4. The van der Waals surface area contributed by atoms with Crippen LogP contribution in [0.1, 0.15) is 26.5 Å². The standard InChI is InChI=1S/C16H17N5O2S2/c1-8-9(2)20-21-16-12(8)13(17)14(24-16)15(22)19-7-10-4-5-11(18-6-10)25(3)23/h4-6H,7,17H2,1-3H3,(H,19,22). The SMILES string of the molecule is Cc1nnc2sc(C(=O)NCc3ccc(S(C)=O)nc3)c(N)c2c1C. The molecule has 25 heavy (non-hydrogen) atoms. The van der Waals surface area contributed by atoms with Gasteiger partial charge in [-0.1, -0.05) is 6.07 Å². The van der Waals surface area contributed by atoms with Gasteiger partial charge in [-0.3, -0.25) is 9.00 Å².